The summed E-state index contributed by atoms with van der Waals surface area (Å²) in [6.07, 6.45) is 1.26. The molecule has 0 aliphatic carbocycles. The second-order valence-electron chi connectivity index (χ2n) is 4.38. The molecular formula is C13H16ClNO2. The molecular weight excluding hydrogens is 238 g/mol. The number of carbonyl (C=O) groups is 1. The Hall–Kier alpha value is -1.06. The molecule has 1 aromatic carbocycles. The molecule has 1 aromatic rings. The lowest BCUT2D eigenvalue weighted by Gasteiger charge is -2.30. The van der Waals surface area contributed by atoms with Crippen molar-refractivity contribution in [3.05, 3.63) is 35.4 Å². The summed E-state index contributed by atoms with van der Waals surface area (Å²) in [4.78, 5) is 13.9. The van der Waals surface area contributed by atoms with Crippen molar-refractivity contribution in [1.29, 1.82) is 0 Å². The summed E-state index contributed by atoms with van der Waals surface area (Å²) < 4.78 is 0. The summed E-state index contributed by atoms with van der Waals surface area (Å²) in [5, 5.41) is 9.56. The fourth-order valence-corrected chi connectivity index (χ4v) is 2.28. The number of aliphatic hydroxyl groups excluding tert-OH is 1. The highest BCUT2D eigenvalue weighted by molar-refractivity contribution is 6.17. The molecule has 2 rings (SSSR count). The third-order valence-corrected chi connectivity index (χ3v) is 3.32. The van der Waals surface area contributed by atoms with Gasteiger partial charge in [0.1, 0.15) is 0 Å². The molecule has 0 bridgehead atoms. The number of nitrogens with zero attached hydrogens (tertiary/aromatic N) is 1. The number of carbonyl (C=O) groups excluding carboxylic acids is 1. The van der Waals surface area contributed by atoms with Crippen molar-refractivity contribution in [3.8, 4) is 0 Å². The topological polar surface area (TPSA) is 40.5 Å². The molecule has 92 valence electrons. The molecule has 4 heteroatoms. The molecule has 1 saturated heterocycles. The molecule has 1 aliphatic rings. The van der Waals surface area contributed by atoms with Gasteiger partial charge < -0.3 is 10.0 Å². The summed E-state index contributed by atoms with van der Waals surface area (Å²) in [5.74, 6) is 0.389. The number of rotatable bonds is 2. The van der Waals surface area contributed by atoms with E-state index in [1.165, 1.54) is 0 Å². The van der Waals surface area contributed by atoms with Crippen molar-refractivity contribution < 1.29 is 9.90 Å². The second-order valence-corrected chi connectivity index (χ2v) is 4.65. The zero-order chi connectivity index (χ0) is 12.3. The van der Waals surface area contributed by atoms with E-state index >= 15 is 0 Å². The zero-order valence-electron chi connectivity index (χ0n) is 9.60. The first kappa shape index (κ1) is 12.4. The highest BCUT2D eigenvalue weighted by Crippen LogP contribution is 2.15. The Balaban J connectivity index is 2.12. The minimum absolute atomic E-state index is 0.0179. The first-order valence-electron chi connectivity index (χ1n) is 5.83. The maximum Gasteiger partial charge on any atom is 0.253 e. The molecule has 17 heavy (non-hydrogen) atoms. The Kier molecular flexibility index (Phi) is 4.02. The number of halogens is 1. The van der Waals surface area contributed by atoms with Crippen molar-refractivity contribution in [2.45, 2.75) is 24.8 Å². The normalized spacial score (nSPS) is 20.4. The minimum Gasteiger partial charge on any atom is -0.391 e. The third-order valence-electron chi connectivity index (χ3n) is 3.01. The van der Waals surface area contributed by atoms with Gasteiger partial charge in [-0.05, 0) is 30.5 Å². The van der Waals surface area contributed by atoms with Crippen LogP contribution in [0.1, 0.15) is 28.8 Å². The number of alkyl halides is 1. The highest BCUT2D eigenvalue weighted by Gasteiger charge is 2.22. The number of hydrogen-bond donors (Lipinski definition) is 1. The van der Waals surface area contributed by atoms with Crippen LogP contribution in [0.25, 0.3) is 0 Å². The Morgan fingerprint density at radius 2 is 2.35 bits per heavy atom. The third kappa shape index (κ3) is 2.99. The fraction of sp³-hybridized carbons (Fsp3) is 0.462. The largest absolute Gasteiger partial charge is 0.391 e. The van der Waals surface area contributed by atoms with Gasteiger partial charge in [0.25, 0.3) is 5.91 Å². The zero-order valence-corrected chi connectivity index (χ0v) is 10.4. The number of amides is 1. The lowest BCUT2D eigenvalue weighted by Crippen LogP contribution is -2.42. The molecule has 0 aromatic heterocycles. The summed E-state index contributed by atoms with van der Waals surface area (Å²) in [5.41, 5.74) is 1.59. The van der Waals surface area contributed by atoms with Gasteiger partial charge in [-0.1, -0.05) is 12.1 Å². The van der Waals surface area contributed by atoms with Crippen LogP contribution in [0.4, 0.5) is 0 Å². The van der Waals surface area contributed by atoms with Gasteiger partial charge in [-0.3, -0.25) is 4.79 Å². The Morgan fingerprint density at radius 1 is 1.53 bits per heavy atom. The quantitative estimate of drug-likeness (QED) is 0.820. The maximum atomic E-state index is 12.2. The lowest BCUT2D eigenvalue weighted by atomic mass is 10.1. The molecule has 1 aliphatic heterocycles. The van der Waals surface area contributed by atoms with E-state index in [2.05, 4.69) is 0 Å². The average Bonchev–Trinajstić information content (AvgIpc) is 2.38. The van der Waals surface area contributed by atoms with Gasteiger partial charge >= 0.3 is 0 Å². The number of β-amino-alcohol motifs (C(OH)–C–C–N with tert-alkyl or cyclic N) is 1. The number of hydrogen-bond acceptors (Lipinski definition) is 2. The summed E-state index contributed by atoms with van der Waals surface area (Å²) in [6, 6.07) is 7.34. The summed E-state index contributed by atoms with van der Waals surface area (Å²) in [7, 11) is 0. The van der Waals surface area contributed by atoms with Crippen LogP contribution >= 0.6 is 11.6 Å². The molecule has 1 unspecified atom stereocenters. The molecule has 0 radical (unpaired) electrons. The van der Waals surface area contributed by atoms with Crippen molar-refractivity contribution in [2.75, 3.05) is 13.1 Å². The van der Waals surface area contributed by atoms with Crippen molar-refractivity contribution >= 4 is 17.5 Å². The summed E-state index contributed by atoms with van der Waals surface area (Å²) >= 11 is 5.75. The standard InChI is InChI=1S/C13H16ClNO2/c14-8-10-3-1-4-11(7-10)13(17)15-6-2-5-12(16)9-15/h1,3-4,7,12,16H,2,5-6,8-9H2. The van der Waals surface area contributed by atoms with E-state index in [-0.39, 0.29) is 12.0 Å². The van der Waals surface area contributed by atoms with Crippen molar-refractivity contribution in [1.82, 2.24) is 4.90 Å². The van der Waals surface area contributed by atoms with Crippen LogP contribution in [-0.4, -0.2) is 35.1 Å². The Bertz CT molecular complexity index is 408. The van der Waals surface area contributed by atoms with Crippen molar-refractivity contribution in [2.24, 2.45) is 0 Å². The van der Waals surface area contributed by atoms with Gasteiger partial charge in [-0.15, -0.1) is 11.6 Å². The van der Waals surface area contributed by atoms with Crippen molar-refractivity contribution in [3.63, 3.8) is 0 Å². The van der Waals surface area contributed by atoms with Gasteiger partial charge in [-0.25, -0.2) is 0 Å². The first-order chi connectivity index (χ1) is 8.20. The van der Waals surface area contributed by atoms with Crippen LogP contribution in [0, 0.1) is 0 Å². The van der Waals surface area contributed by atoms with Gasteiger partial charge in [-0.2, -0.15) is 0 Å². The molecule has 1 fully saturated rings. The Morgan fingerprint density at radius 3 is 3.06 bits per heavy atom. The molecule has 1 amide bonds. The second kappa shape index (κ2) is 5.52. The van der Waals surface area contributed by atoms with Gasteiger partial charge in [0.15, 0.2) is 0 Å². The van der Waals surface area contributed by atoms with E-state index in [1.54, 1.807) is 11.0 Å². The van der Waals surface area contributed by atoms with Crippen LogP contribution in [0.5, 0.6) is 0 Å². The number of benzene rings is 1. The maximum absolute atomic E-state index is 12.2. The van der Waals surface area contributed by atoms with Crippen LogP contribution in [0.2, 0.25) is 0 Å². The van der Waals surface area contributed by atoms with E-state index < -0.39 is 0 Å². The number of piperidine rings is 1. The SMILES string of the molecule is O=C(c1cccc(CCl)c1)N1CCCC(O)C1. The molecule has 0 spiro atoms. The molecule has 1 N–H and O–H groups in total. The number of aliphatic hydroxyl groups is 1. The van der Waals surface area contributed by atoms with E-state index in [4.69, 9.17) is 11.6 Å². The van der Waals surface area contributed by atoms with E-state index in [0.29, 0.717) is 18.0 Å². The van der Waals surface area contributed by atoms with E-state index in [9.17, 15) is 9.90 Å². The molecule has 0 saturated carbocycles. The van der Waals surface area contributed by atoms with Gasteiger partial charge in [0.2, 0.25) is 0 Å². The Labute approximate surface area is 106 Å². The van der Waals surface area contributed by atoms with Crippen LogP contribution < -0.4 is 0 Å². The fourth-order valence-electron chi connectivity index (χ4n) is 2.11. The molecule has 3 nitrogen and oxygen atoms in total. The lowest BCUT2D eigenvalue weighted by molar-refractivity contribution is 0.0473. The number of likely N-dealkylation sites (tertiary alicyclic amines) is 1. The predicted octanol–water partition coefficient (Wildman–Crippen LogP) is 2.02. The first-order valence-corrected chi connectivity index (χ1v) is 6.36. The summed E-state index contributed by atoms with van der Waals surface area (Å²) in [6.45, 7) is 1.16. The molecule has 1 atom stereocenters. The van der Waals surface area contributed by atoms with Crippen LogP contribution in [-0.2, 0) is 5.88 Å². The van der Waals surface area contributed by atoms with Gasteiger partial charge in [0.05, 0.1) is 6.10 Å². The monoisotopic (exact) mass is 253 g/mol. The average molecular weight is 254 g/mol. The van der Waals surface area contributed by atoms with E-state index in [0.717, 1.165) is 24.9 Å². The van der Waals surface area contributed by atoms with Crippen LogP contribution in [0.15, 0.2) is 24.3 Å². The van der Waals surface area contributed by atoms with Gasteiger partial charge in [0, 0.05) is 24.5 Å². The molecule has 1 heterocycles. The smallest absolute Gasteiger partial charge is 0.253 e. The predicted molar refractivity (Wildman–Crippen MR) is 67.1 cm³/mol. The van der Waals surface area contributed by atoms with Crippen LogP contribution in [0.3, 0.4) is 0 Å². The minimum atomic E-state index is -0.385. The van der Waals surface area contributed by atoms with E-state index in [1.807, 2.05) is 18.2 Å². The highest BCUT2D eigenvalue weighted by atomic mass is 35.5.